The normalized spacial score (nSPS) is 25.2. The number of hydrogen-bond donors (Lipinski definition) is 1. The van der Waals surface area contributed by atoms with Gasteiger partial charge >= 0.3 is 0 Å². The zero-order valence-electron chi connectivity index (χ0n) is 22.8. The average Bonchev–Trinajstić information content (AvgIpc) is 3.15. The van der Waals surface area contributed by atoms with Crippen LogP contribution >= 0.6 is 11.8 Å². The number of Topliss-reactive ketones (excluding diaryl/α,β-unsaturated/α-hetero) is 1. The molecule has 2 atom stereocenters. The van der Waals surface area contributed by atoms with Crippen LogP contribution in [-0.2, 0) is 4.79 Å². The summed E-state index contributed by atoms with van der Waals surface area (Å²) in [5, 5.41) is 2.90. The van der Waals surface area contributed by atoms with Crippen LogP contribution < -0.4 is 5.32 Å². The Hall–Kier alpha value is -2.07. The molecule has 2 unspecified atom stereocenters. The Labute approximate surface area is 228 Å². The van der Waals surface area contributed by atoms with Crippen molar-refractivity contribution >= 4 is 23.5 Å². The van der Waals surface area contributed by atoms with E-state index in [0.29, 0.717) is 11.8 Å². The summed E-state index contributed by atoms with van der Waals surface area (Å²) in [7, 11) is 0. The van der Waals surface area contributed by atoms with Crippen LogP contribution in [0.5, 0.6) is 0 Å². The van der Waals surface area contributed by atoms with Crippen LogP contribution in [-0.4, -0.2) is 28.7 Å². The van der Waals surface area contributed by atoms with E-state index in [4.69, 9.17) is 0 Å². The molecule has 0 radical (unpaired) electrons. The predicted octanol–water partition coefficient (Wildman–Crippen LogP) is 8.18. The van der Waals surface area contributed by atoms with E-state index in [1.54, 1.807) is 11.8 Å². The number of ketones is 1. The first-order valence-corrected chi connectivity index (χ1v) is 15.6. The molecule has 1 N–H and O–H groups in total. The summed E-state index contributed by atoms with van der Waals surface area (Å²) in [6, 6.07) is 8.25. The maximum Gasteiger partial charge on any atom is 0.233 e. The molecule has 0 aliphatic heterocycles. The van der Waals surface area contributed by atoms with Gasteiger partial charge in [-0.3, -0.25) is 9.59 Å². The van der Waals surface area contributed by atoms with E-state index >= 15 is 0 Å². The monoisotopic (exact) mass is 519 g/mol. The molecule has 3 aliphatic rings. The van der Waals surface area contributed by atoms with Crippen LogP contribution in [0.4, 0.5) is 0 Å². The molecule has 3 nitrogen and oxygen atoms in total. The largest absolute Gasteiger partial charge is 0.355 e. The number of carbonyl (C=O) groups excluding carboxylic acids is 2. The van der Waals surface area contributed by atoms with Crippen molar-refractivity contribution in [3.8, 4) is 0 Å². The Morgan fingerprint density at radius 1 is 0.946 bits per heavy atom. The Morgan fingerprint density at radius 3 is 2.35 bits per heavy atom. The lowest BCUT2D eigenvalue weighted by Crippen LogP contribution is -2.38. The van der Waals surface area contributed by atoms with Crippen LogP contribution in [0.25, 0.3) is 0 Å². The Morgan fingerprint density at radius 2 is 1.65 bits per heavy atom. The molecule has 0 aromatic heterocycles. The fraction of sp³-hybridized carbons (Fsp3) is 0.576. The van der Waals surface area contributed by atoms with Gasteiger partial charge in [0.05, 0.1) is 5.25 Å². The molecule has 1 aromatic carbocycles. The maximum absolute atomic E-state index is 13.4. The molecular weight excluding hydrogens is 474 g/mol. The number of allylic oxidation sites excluding steroid dienone is 4. The van der Waals surface area contributed by atoms with Crippen molar-refractivity contribution in [2.75, 3.05) is 6.54 Å². The number of nitrogens with one attached hydrogen (secondary N) is 1. The lowest BCUT2D eigenvalue weighted by Gasteiger charge is -2.28. The number of rotatable bonds is 10. The van der Waals surface area contributed by atoms with Crippen molar-refractivity contribution in [1.29, 1.82) is 0 Å². The van der Waals surface area contributed by atoms with Gasteiger partial charge in [-0.05, 0) is 55.9 Å². The van der Waals surface area contributed by atoms with Gasteiger partial charge in [0.2, 0.25) is 5.91 Å². The molecule has 4 rings (SSSR count). The summed E-state index contributed by atoms with van der Waals surface area (Å²) < 4.78 is 0. The van der Waals surface area contributed by atoms with Crippen molar-refractivity contribution in [3.63, 3.8) is 0 Å². The number of carbonyl (C=O) groups is 2. The van der Waals surface area contributed by atoms with Gasteiger partial charge in [-0.25, -0.2) is 0 Å². The molecule has 1 aromatic rings. The number of thioether (sulfide) groups is 1. The van der Waals surface area contributed by atoms with Crippen LogP contribution in [0, 0.1) is 11.8 Å². The smallest absolute Gasteiger partial charge is 0.233 e. The molecule has 200 valence electrons. The van der Waals surface area contributed by atoms with Gasteiger partial charge in [-0.1, -0.05) is 106 Å². The Balaban J connectivity index is 1.39. The standard InChI is InChI=1S/C33H45NO2S/c1-3-25-13-15-26(16-14-25)23-34-33(36)32(37-30-11-7-8-24(2)12-21-30)22-31(35)29-19-17-28(18-20-29)27-9-5-4-6-10-27/h7-8,11-12,17-21,25-27,30,32H,3-6,9-10,13-16,22-23H2,1-2H3,(H,34,36). The number of hydrogen-bond acceptors (Lipinski definition) is 3. The Kier molecular flexibility index (Phi) is 10.7. The van der Waals surface area contributed by atoms with Gasteiger partial charge in [0.1, 0.15) is 0 Å². The van der Waals surface area contributed by atoms with Crippen LogP contribution in [0.1, 0.15) is 106 Å². The lowest BCUT2D eigenvalue weighted by atomic mass is 9.81. The van der Waals surface area contributed by atoms with Crippen LogP contribution in [0.3, 0.4) is 0 Å². The van der Waals surface area contributed by atoms with Gasteiger partial charge in [0.25, 0.3) is 0 Å². The minimum absolute atomic E-state index is 0.00511. The fourth-order valence-corrected chi connectivity index (χ4v) is 7.22. The molecule has 4 heteroatoms. The van der Waals surface area contributed by atoms with Crippen LogP contribution in [0.15, 0.2) is 60.2 Å². The molecule has 0 spiro atoms. The van der Waals surface area contributed by atoms with E-state index in [2.05, 4.69) is 61.7 Å². The van der Waals surface area contributed by atoms with Crippen LogP contribution in [0.2, 0.25) is 0 Å². The SMILES string of the molecule is CCC1CCC(CNC(=O)C(CC(=O)c2ccc(C3CCCCC3)cc2)SC2C=CC=C(C)C=C2)CC1. The van der Waals surface area contributed by atoms with E-state index in [1.165, 1.54) is 75.3 Å². The minimum Gasteiger partial charge on any atom is -0.355 e. The summed E-state index contributed by atoms with van der Waals surface area (Å²) in [5.41, 5.74) is 3.27. The maximum atomic E-state index is 13.4. The van der Waals surface area contributed by atoms with Gasteiger partial charge in [-0.15, -0.1) is 11.8 Å². The van der Waals surface area contributed by atoms with E-state index in [-0.39, 0.29) is 23.4 Å². The van der Waals surface area contributed by atoms with Gasteiger partial charge in [0, 0.05) is 23.8 Å². The summed E-state index contributed by atoms with van der Waals surface area (Å²) >= 11 is 1.59. The van der Waals surface area contributed by atoms with Crippen molar-refractivity contribution < 1.29 is 9.59 Å². The summed E-state index contributed by atoms with van der Waals surface area (Å²) in [4.78, 5) is 26.8. The van der Waals surface area contributed by atoms with Crippen molar-refractivity contribution in [3.05, 3.63) is 71.3 Å². The second-order valence-electron chi connectivity index (χ2n) is 11.4. The molecule has 2 fully saturated rings. The quantitative estimate of drug-likeness (QED) is 0.317. The average molecular weight is 520 g/mol. The highest BCUT2D eigenvalue weighted by Gasteiger charge is 2.27. The van der Waals surface area contributed by atoms with Crippen molar-refractivity contribution in [1.82, 2.24) is 5.32 Å². The number of amides is 1. The number of benzene rings is 1. The van der Waals surface area contributed by atoms with Gasteiger partial charge in [0.15, 0.2) is 5.78 Å². The first-order chi connectivity index (χ1) is 18.0. The van der Waals surface area contributed by atoms with E-state index in [9.17, 15) is 9.59 Å². The second-order valence-corrected chi connectivity index (χ2v) is 12.8. The molecule has 0 saturated heterocycles. The minimum atomic E-state index is -0.407. The first-order valence-electron chi connectivity index (χ1n) is 14.6. The second kappa shape index (κ2) is 14.2. The highest BCUT2D eigenvalue weighted by molar-refractivity contribution is 8.01. The molecule has 0 bridgehead atoms. The third-order valence-corrected chi connectivity index (χ3v) is 9.95. The molecule has 3 aliphatic carbocycles. The molecule has 1 amide bonds. The highest BCUT2D eigenvalue weighted by Crippen LogP contribution is 2.33. The molecular formula is C33H45NO2S. The molecule has 0 heterocycles. The lowest BCUT2D eigenvalue weighted by molar-refractivity contribution is -0.120. The third kappa shape index (κ3) is 8.46. The van der Waals surface area contributed by atoms with Gasteiger partial charge in [-0.2, -0.15) is 0 Å². The zero-order chi connectivity index (χ0) is 26.0. The fourth-order valence-electron chi connectivity index (χ4n) is 6.03. The molecule has 37 heavy (non-hydrogen) atoms. The zero-order valence-corrected chi connectivity index (χ0v) is 23.6. The predicted molar refractivity (Wildman–Crippen MR) is 157 cm³/mol. The van der Waals surface area contributed by atoms with Crippen molar-refractivity contribution in [2.24, 2.45) is 11.8 Å². The Bertz CT molecular complexity index is 978. The summed E-state index contributed by atoms with van der Waals surface area (Å²) in [6.07, 6.45) is 23.4. The summed E-state index contributed by atoms with van der Waals surface area (Å²) in [5.74, 6) is 2.10. The van der Waals surface area contributed by atoms with E-state index < -0.39 is 5.25 Å². The van der Waals surface area contributed by atoms with E-state index in [1.807, 2.05) is 12.1 Å². The summed E-state index contributed by atoms with van der Waals surface area (Å²) in [6.45, 7) is 5.09. The first kappa shape index (κ1) is 28.0. The molecule has 2 saturated carbocycles. The van der Waals surface area contributed by atoms with Gasteiger partial charge < -0.3 is 5.32 Å². The highest BCUT2D eigenvalue weighted by atomic mass is 32.2. The topological polar surface area (TPSA) is 46.2 Å². The third-order valence-electron chi connectivity index (χ3n) is 8.61. The van der Waals surface area contributed by atoms with E-state index in [0.717, 1.165) is 18.0 Å². The van der Waals surface area contributed by atoms with Crippen molar-refractivity contribution in [2.45, 2.75) is 101 Å².